The van der Waals surface area contributed by atoms with Gasteiger partial charge in [0.2, 0.25) is 5.91 Å². The second-order valence-electron chi connectivity index (χ2n) is 8.61. The molecule has 3 heterocycles. The molecule has 0 aliphatic carbocycles. The van der Waals surface area contributed by atoms with Crippen LogP contribution in [0.3, 0.4) is 0 Å². The number of nitrogens with one attached hydrogen (secondary N) is 2. The standard InChI is InChI=1S/C22H28N4O5S/c1-3-14(2)26(16-8-9-32(30,31)13-16)20(27)12-25-21(28)19(24-22(25)29)10-15-11-23-18-7-5-4-6-17(15)18/h4-7,11,14,16,19,23H,3,8-10,12-13H2,1-2H3,(H,24,29)/t14-,16+,19+/m0/s1. The number of hydrogen-bond donors (Lipinski definition) is 2. The maximum atomic E-state index is 13.1. The van der Waals surface area contributed by atoms with Crippen LogP contribution in [0.1, 0.15) is 32.3 Å². The lowest BCUT2D eigenvalue weighted by Gasteiger charge is -2.34. The summed E-state index contributed by atoms with van der Waals surface area (Å²) in [6.07, 6.45) is 3.16. The first-order valence-corrected chi connectivity index (χ1v) is 12.7. The Morgan fingerprint density at radius 1 is 1.28 bits per heavy atom. The fraction of sp³-hybridized carbons (Fsp3) is 0.500. The highest BCUT2D eigenvalue weighted by atomic mass is 32.2. The van der Waals surface area contributed by atoms with Gasteiger partial charge in [-0.25, -0.2) is 13.2 Å². The van der Waals surface area contributed by atoms with E-state index >= 15 is 0 Å². The number of rotatable bonds is 7. The zero-order valence-corrected chi connectivity index (χ0v) is 19.0. The lowest BCUT2D eigenvalue weighted by molar-refractivity contribution is -0.140. The van der Waals surface area contributed by atoms with Crippen LogP contribution in [0.5, 0.6) is 0 Å². The van der Waals surface area contributed by atoms with Crippen molar-refractivity contribution in [3.8, 4) is 0 Å². The van der Waals surface area contributed by atoms with Gasteiger partial charge in [0.05, 0.1) is 11.5 Å². The number of imide groups is 1. The van der Waals surface area contributed by atoms with Gasteiger partial charge in [0.1, 0.15) is 12.6 Å². The van der Waals surface area contributed by atoms with E-state index in [9.17, 15) is 22.8 Å². The van der Waals surface area contributed by atoms with Crippen molar-refractivity contribution < 1.29 is 22.8 Å². The van der Waals surface area contributed by atoms with Crippen molar-refractivity contribution >= 4 is 38.6 Å². The predicted octanol–water partition coefficient (Wildman–Crippen LogP) is 1.44. The molecule has 2 aliphatic rings. The highest BCUT2D eigenvalue weighted by Gasteiger charge is 2.42. The minimum Gasteiger partial charge on any atom is -0.361 e. The highest BCUT2D eigenvalue weighted by molar-refractivity contribution is 7.91. The van der Waals surface area contributed by atoms with Gasteiger partial charge in [-0.05, 0) is 31.4 Å². The van der Waals surface area contributed by atoms with Crippen LogP contribution in [0, 0.1) is 0 Å². The molecule has 10 heteroatoms. The van der Waals surface area contributed by atoms with Gasteiger partial charge in [-0.1, -0.05) is 25.1 Å². The Hall–Kier alpha value is -2.88. The van der Waals surface area contributed by atoms with E-state index in [0.29, 0.717) is 19.3 Å². The smallest absolute Gasteiger partial charge is 0.325 e. The van der Waals surface area contributed by atoms with Crippen molar-refractivity contribution in [3.05, 3.63) is 36.0 Å². The number of sulfone groups is 1. The van der Waals surface area contributed by atoms with E-state index in [4.69, 9.17) is 0 Å². The Bertz CT molecular complexity index is 1160. The molecule has 1 aromatic carbocycles. The van der Waals surface area contributed by atoms with E-state index < -0.39 is 46.3 Å². The number of benzene rings is 1. The van der Waals surface area contributed by atoms with Gasteiger partial charge >= 0.3 is 6.03 Å². The molecule has 172 valence electrons. The zero-order chi connectivity index (χ0) is 23.0. The normalized spacial score (nSPS) is 23.5. The minimum absolute atomic E-state index is 0.0493. The lowest BCUT2D eigenvalue weighted by Crippen LogP contribution is -2.51. The summed E-state index contributed by atoms with van der Waals surface area (Å²) in [6, 6.07) is 5.74. The molecule has 3 atom stereocenters. The first-order chi connectivity index (χ1) is 15.2. The largest absolute Gasteiger partial charge is 0.361 e. The molecule has 0 saturated carbocycles. The number of nitrogens with zero attached hydrogens (tertiary/aromatic N) is 2. The van der Waals surface area contributed by atoms with Gasteiger partial charge in [0.15, 0.2) is 9.84 Å². The molecule has 9 nitrogen and oxygen atoms in total. The van der Waals surface area contributed by atoms with Crippen LogP contribution in [-0.2, 0) is 25.8 Å². The van der Waals surface area contributed by atoms with Crippen LogP contribution in [-0.4, -0.2) is 77.2 Å². The van der Waals surface area contributed by atoms with Crippen molar-refractivity contribution in [3.63, 3.8) is 0 Å². The van der Waals surface area contributed by atoms with Gasteiger partial charge in [-0.15, -0.1) is 0 Å². The molecule has 0 bridgehead atoms. The summed E-state index contributed by atoms with van der Waals surface area (Å²) in [4.78, 5) is 44.3. The summed E-state index contributed by atoms with van der Waals surface area (Å²) in [5.74, 6) is -0.880. The average Bonchev–Trinajstić information content (AvgIpc) is 3.40. The number of urea groups is 1. The second-order valence-corrected chi connectivity index (χ2v) is 10.8. The molecule has 1 aromatic heterocycles. The second kappa shape index (κ2) is 8.57. The maximum absolute atomic E-state index is 13.1. The lowest BCUT2D eigenvalue weighted by atomic mass is 10.1. The van der Waals surface area contributed by atoms with Crippen LogP contribution in [0.15, 0.2) is 30.5 Å². The number of para-hydroxylation sites is 1. The van der Waals surface area contributed by atoms with Crippen molar-refractivity contribution in [2.24, 2.45) is 0 Å². The third kappa shape index (κ3) is 4.23. The first-order valence-electron chi connectivity index (χ1n) is 10.9. The monoisotopic (exact) mass is 460 g/mol. The molecule has 4 amide bonds. The maximum Gasteiger partial charge on any atom is 0.325 e. The third-order valence-corrected chi connectivity index (χ3v) is 8.21. The number of carbonyl (C=O) groups is 3. The molecule has 2 saturated heterocycles. The molecule has 0 spiro atoms. The molecule has 2 aliphatic heterocycles. The highest BCUT2D eigenvalue weighted by Crippen LogP contribution is 2.24. The van der Waals surface area contributed by atoms with E-state index in [0.717, 1.165) is 21.4 Å². The molecule has 32 heavy (non-hydrogen) atoms. The van der Waals surface area contributed by atoms with Crippen molar-refractivity contribution in [1.29, 1.82) is 0 Å². The third-order valence-electron chi connectivity index (χ3n) is 6.45. The Morgan fingerprint density at radius 3 is 2.72 bits per heavy atom. The van der Waals surface area contributed by atoms with Crippen molar-refractivity contribution in [2.75, 3.05) is 18.1 Å². The van der Waals surface area contributed by atoms with E-state index in [1.54, 1.807) is 4.90 Å². The zero-order valence-electron chi connectivity index (χ0n) is 18.2. The summed E-state index contributed by atoms with van der Waals surface area (Å²) >= 11 is 0. The number of H-pyrrole nitrogens is 1. The first kappa shape index (κ1) is 22.3. The summed E-state index contributed by atoms with van der Waals surface area (Å²) in [5, 5.41) is 3.66. The summed E-state index contributed by atoms with van der Waals surface area (Å²) in [7, 11) is -3.18. The van der Waals surface area contributed by atoms with Gasteiger partial charge in [0, 0.05) is 35.6 Å². The predicted molar refractivity (Wildman–Crippen MR) is 120 cm³/mol. The van der Waals surface area contributed by atoms with Crippen molar-refractivity contribution in [2.45, 2.75) is 51.2 Å². The topological polar surface area (TPSA) is 120 Å². The average molecular weight is 461 g/mol. The molecular weight excluding hydrogens is 432 g/mol. The quantitative estimate of drug-likeness (QED) is 0.606. The molecule has 2 fully saturated rings. The van der Waals surface area contributed by atoms with E-state index in [1.807, 2.05) is 44.3 Å². The number of hydrogen-bond acceptors (Lipinski definition) is 5. The van der Waals surface area contributed by atoms with Crippen LogP contribution in [0.25, 0.3) is 10.9 Å². The minimum atomic E-state index is -3.18. The fourth-order valence-electron chi connectivity index (χ4n) is 4.60. The Balaban J connectivity index is 1.47. The van der Waals surface area contributed by atoms with Gasteiger partial charge < -0.3 is 15.2 Å². The summed E-state index contributed by atoms with van der Waals surface area (Å²) in [6.45, 7) is 3.38. The summed E-state index contributed by atoms with van der Waals surface area (Å²) < 4.78 is 23.9. The Morgan fingerprint density at radius 2 is 2.03 bits per heavy atom. The van der Waals surface area contributed by atoms with Crippen LogP contribution in [0.4, 0.5) is 4.79 Å². The summed E-state index contributed by atoms with van der Waals surface area (Å²) in [5.41, 5.74) is 1.85. The number of aromatic amines is 1. The van der Waals surface area contributed by atoms with Crippen molar-refractivity contribution in [1.82, 2.24) is 20.1 Å². The van der Waals surface area contributed by atoms with E-state index in [1.165, 1.54) is 0 Å². The molecule has 0 radical (unpaired) electrons. The van der Waals surface area contributed by atoms with Gasteiger partial charge in [0.25, 0.3) is 5.91 Å². The van der Waals surface area contributed by atoms with E-state index in [-0.39, 0.29) is 17.5 Å². The Kier molecular flexibility index (Phi) is 5.98. The molecular formula is C22H28N4O5S. The number of aromatic nitrogens is 1. The van der Waals surface area contributed by atoms with Crippen LogP contribution < -0.4 is 5.32 Å². The Labute approximate surface area is 187 Å². The molecule has 2 aromatic rings. The molecule has 2 N–H and O–H groups in total. The van der Waals surface area contributed by atoms with E-state index in [2.05, 4.69) is 10.3 Å². The SMILES string of the molecule is CC[C@H](C)N(C(=O)CN1C(=O)N[C@H](Cc2c[nH]c3ccccc23)C1=O)[C@@H]1CCS(=O)(=O)C1. The van der Waals surface area contributed by atoms with Gasteiger partial charge in [-0.2, -0.15) is 0 Å². The van der Waals surface area contributed by atoms with Gasteiger partial charge in [-0.3, -0.25) is 14.5 Å². The van der Waals surface area contributed by atoms with Crippen LogP contribution in [0.2, 0.25) is 0 Å². The number of fused-ring (bicyclic) bond motifs is 1. The molecule has 4 rings (SSSR count). The number of carbonyl (C=O) groups excluding carboxylic acids is 3. The fourth-order valence-corrected chi connectivity index (χ4v) is 6.31. The molecule has 0 unspecified atom stereocenters. The number of amides is 4. The van der Waals surface area contributed by atoms with Crippen LogP contribution >= 0.6 is 0 Å².